The van der Waals surface area contributed by atoms with Gasteiger partial charge in [0, 0.05) is 18.5 Å². The van der Waals surface area contributed by atoms with E-state index in [1.165, 1.54) is 11.3 Å². The molecule has 5 nitrogen and oxygen atoms in total. The molecule has 1 heterocycles. The molecule has 0 saturated carbocycles. The van der Waals surface area contributed by atoms with Gasteiger partial charge in [0.05, 0.1) is 25.1 Å². The highest BCUT2D eigenvalue weighted by Crippen LogP contribution is 2.27. The Morgan fingerprint density at radius 3 is 2.58 bits per heavy atom. The molecule has 2 rings (SSSR count). The van der Waals surface area contributed by atoms with Crippen molar-refractivity contribution in [3.63, 3.8) is 0 Å². The van der Waals surface area contributed by atoms with Crippen molar-refractivity contribution in [1.82, 2.24) is 10.2 Å². The predicted molar refractivity (Wildman–Crippen MR) is 97.4 cm³/mol. The summed E-state index contributed by atoms with van der Waals surface area (Å²) >= 11 is 7.38. The number of carbonyl (C=O) groups is 1. The highest BCUT2D eigenvalue weighted by Gasteiger charge is 2.10. The van der Waals surface area contributed by atoms with Gasteiger partial charge in [0.2, 0.25) is 0 Å². The SMILES string of the molecule is COc1ccc(CCNC(=O)N(C)Cc2ccc(Cl)s2)cc1OC. The van der Waals surface area contributed by atoms with E-state index in [9.17, 15) is 4.79 Å². The Balaban J connectivity index is 1.81. The Morgan fingerprint density at radius 2 is 1.96 bits per heavy atom. The van der Waals surface area contributed by atoms with Crippen LogP contribution in [0.3, 0.4) is 0 Å². The lowest BCUT2D eigenvalue weighted by Crippen LogP contribution is -2.37. The van der Waals surface area contributed by atoms with Gasteiger partial charge in [-0.25, -0.2) is 4.79 Å². The molecule has 0 atom stereocenters. The first-order chi connectivity index (χ1) is 11.5. The average molecular weight is 369 g/mol. The summed E-state index contributed by atoms with van der Waals surface area (Å²) in [7, 11) is 4.98. The van der Waals surface area contributed by atoms with Crippen molar-refractivity contribution in [1.29, 1.82) is 0 Å². The number of methoxy groups -OCH3 is 2. The van der Waals surface area contributed by atoms with Gasteiger partial charge in [-0.15, -0.1) is 11.3 Å². The maximum Gasteiger partial charge on any atom is 0.317 e. The molecule has 0 fully saturated rings. The molecule has 24 heavy (non-hydrogen) atoms. The maximum absolute atomic E-state index is 12.1. The molecule has 0 saturated heterocycles. The van der Waals surface area contributed by atoms with Crippen molar-refractivity contribution >= 4 is 29.0 Å². The van der Waals surface area contributed by atoms with Crippen LogP contribution in [0.2, 0.25) is 4.34 Å². The first kappa shape index (κ1) is 18.4. The second-order valence-electron chi connectivity index (χ2n) is 5.23. The molecule has 0 aliphatic rings. The molecule has 7 heteroatoms. The number of hydrogen-bond donors (Lipinski definition) is 1. The maximum atomic E-state index is 12.1. The van der Waals surface area contributed by atoms with Crippen LogP contribution >= 0.6 is 22.9 Å². The number of rotatable bonds is 7. The van der Waals surface area contributed by atoms with Gasteiger partial charge in [0.1, 0.15) is 0 Å². The standard InChI is InChI=1S/C17H21ClN2O3S/c1-20(11-13-5-7-16(18)24-13)17(21)19-9-8-12-4-6-14(22-2)15(10-12)23-3/h4-7,10H,8-9,11H2,1-3H3,(H,19,21). The van der Waals surface area contributed by atoms with E-state index in [0.717, 1.165) is 14.8 Å². The number of hydrogen-bond acceptors (Lipinski definition) is 4. The number of urea groups is 1. The molecule has 0 aliphatic heterocycles. The smallest absolute Gasteiger partial charge is 0.317 e. The summed E-state index contributed by atoms with van der Waals surface area (Å²) in [5.41, 5.74) is 1.07. The molecule has 0 bridgehead atoms. The first-order valence-electron chi connectivity index (χ1n) is 7.47. The van der Waals surface area contributed by atoms with Crippen molar-refractivity contribution in [2.24, 2.45) is 0 Å². The molecule has 2 amide bonds. The van der Waals surface area contributed by atoms with E-state index in [1.54, 1.807) is 26.2 Å². The van der Waals surface area contributed by atoms with Crippen molar-refractivity contribution in [2.45, 2.75) is 13.0 Å². The molecule has 130 valence electrons. The van der Waals surface area contributed by atoms with Crippen LogP contribution in [0.15, 0.2) is 30.3 Å². The highest BCUT2D eigenvalue weighted by atomic mass is 35.5. The Morgan fingerprint density at radius 1 is 1.21 bits per heavy atom. The third-order valence-electron chi connectivity index (χ3n) is 3.51. The van der Waals surface area contributed by atoms with Crippen LogP contribution in [-0.2, 0) is 13.0 Å². The monoisotopic (exact) mass is 368 g/mol. The lowest BCUT2D eigenvalue weighted by molar-refractivity contribution is 0.207. The van der Waals surface area contributed by atoms with Crippen LogP contribution in [0.25, 0.3) is 0 Å². The summed E-state index contributed by atoms with van der Waals surface area (Å²) in [5.74, 6) is 1.38. The lowest BCUT2D eigenvalue weighted by atomic mass is 10.1. The fourth-order valence-corrected chi connectivity index (χ4v) is 3.37. The number of nitrogens with zero attached hydrogens (tertiary/aromatic N) is 1. The van der Waals surface area contributed by atoms with E-state index in [4.69, 9.17) is 21.1 Å². The zero-order chi connectivity index (χ0) is 17.5. The Labute approximate surface area is 151 Å². The summed E-state index contributed by atoms with van der Waals surface area (Å²) in [6, 6.07) is 9.40. The van der Waals surface area contributed by atoms with E-state index in [2.05, 4.69) is 5.32 Å². The van der Waals surface area contributed by atoms with Gasteiger partial charge < -0.3 is 19.7 Å². The largest absolute Gasteiger partial charge is 0.493 e. The summed E-state index contributed by atoms with van der Waals surface area (Å²) in [4.78, 5) is 14.8. The predicted octanol–water partition coefficient (Wildman–Crippen LogP) is 3.80. The molecule has 1 aromatic heterocycles. The van der Waals surface area contributed by atoms with E-state index in [-0.39, 0.29) is 6.03 Å². The van der Waals surface area contributed by atoms with Crippen LogP contribution in [-0.4, -0.2) is 38.7 Å². The third-order valence-corrected chi connectivity index (χ3v) is 4.72. The Hall–Kier alpha value is -1.92. The summed E-state index contributed by atoms with van der Waals surface area (Å²) < 4.78 is 11.2. The molecule has 0 radical (unpaired) electrons. The fourth-order valence-electron chi connectivity index (χ4n) is 2.23. The molecule has 0 spiro atoms. The van der Waals surface area contributed by atoms with Crippen LogP contribution < -0.4 is 14.8 Å². The number of ether oxygens (including phenoxy) is 2. The summed E-state index contributed by atoms with van der Waals surface area (Å²) in [6.45, 7) is 1.09. The van der Waals surface area contributed by atoms with Gasteiger partial charge in [-0.3, -0.25) is 0 Å². The van der Waals surface area contributed by atoms with E-state index in [1.807, 2.05) is 30.3 Å². The van der Waals surface area contributed by atoms with Gasteiger partial charge in [-0.2, -0.15) is 0 Å². The topological polar surface area (TPSA) is 50.8 Å². The van der Waals surface area contributed by atoms with Gasteiger partial charge in [-0.1, -0.05) is 17.7 Å². The second kappa shape index (κ2) is 8.80. The summed E-state index contributed by atoms with van der Waals surface area (Å²) in [5, 5.41) is 2.91. The Bertz CT molecular complexity index is 690. The number of amides is 2. The number of carbonyl (C=O) groups excluding carboxylic acids is 1. The van der Waals surface area contributed by atoms with Crippen molar-refractivity contribution < 1.29 is 14.3 Å². The number of halogens is 1. The van der Waals surface area contributed by atoms with Crippen LogP contribution in [0.4, 0.5) is 4.79 Å². The minimum atomic E-state index is -0.111. The minimum Gasteiger partial charge on any atom is -0.493 e. The van der Waals surface area contributed by atoms with Crippen molar-refractivity contribution in [3.8, 4) is 11.5 Å². The molecular weight excluding hydrogens is 348 g/mol. The van der Waals surface area contributed by atoms with Gasteiger partial charge >= 0.3 is 6.03 Å². The molecule has 2 aromatic rings. The van der Waals surface area contributed by atoms with Gasteiger partial charge in [-0.05, 0) is 36.2 Å². The van der Waals surface area contributed by atoms with Crippen molar-refractivity contribution in [3.05, 3.63) is 45.1 Å². The van der Waals surface area contributed by atoms with Crippen molar-refractivity contribution in [2.75, 3.05) is 27.8 Å². The quantitative estimate of drug-likeness (QED) is 0.808. The van der Waals surface area contributed by atoms with Gasteiger partial charge in [0.15, 0.2) is 11.5 Å². The van der Waals surface area contributed by atoms with E-state index >= 15 is 0 Å². The molecule has 1 aromatic carbocycles. The molecule has 0 aliphatic carbocycles. The van der Waals surface area contributed by atoms with Crippen LogP contribution in [0.5, 0.6) is 11.5 Å². The Kier molecular flexibility index (Phi) is 6.75. The molecule has 0 unspecified atom stereocenters. The van der Waals surface area contributed by atoms with Gasteiger partial charge in [0.25, 0.3) is 0 Å². The number of thiophene rings is 1. The fraction of sp³-hybridized carbons (Fsp3) is 0.353. The lowest BCUT2D eigenvalue weighted by Gasteiger charge is -2.17. The minimum absolute atomic E-state index is 0.111. The number of nitrogens with one attached hydrogen (secondary N) is 1. The first-order valence-corrected chi connectivity index (χ1v) is 8.67. The van der Waals surface area contributed by atoms with E-state index in [0.29, 0.717) is 31.0 Å². The molecule has 1 N–H and O–H groups in total. The van der Waals surface area contributed by atoms with E-state index < -0.39 is 0 Å². The normalized spacial score (nSPS) is 10.3. The molecular formula is C17H21ClN2O3S. The average Bonchev–Trinajstić information content (AvgIpc) is 2.99. The third kappa shape index (κ3) is 5.04. The van der Waals surface area contributed by atoms with Crippen LogP contribution in [0, 0.1) is 0 Å². The summed E-state index contributed by atoms with van der Waals surface area (Å²) in [6.07, 6.45) is 0.713. The zero-order valence-electron chi connectivity index (χ0n) is 14.0. The number of benzene rings is 1. The highest BCUT2D eigenvalue weighted by molar-refractivity contribution is 7.16. The second-order valence-corrected chi connectivity index (χ2v) is 7.03. The zero-order valence-corrected chi connectivity index (χ0v) is 15.5. The van der Waals surface area contributed by atoms with Crippen LogP contribution in [0.1, 0.15) is 10.4 Å².